The smallest absolute Gasteiger partial charge is 0.0512 e. The first kappa shape index (κ1) is 14.8. The molecule has 1 aromatic carbocycles. The zero-order chi connectivity index (χ0) is 13.7. The van der Waals surface area contributed by atoms with Gasteiger partial charge in [0.1, 0.15) is 0 Å². The summed E-state index contributed by atoms with van der Waals surface area (Å²) in [6.07, 6.45) is 3.53. The number of hydrogen-bond donors (Lipinski definition) is 1. The second-order valence-electron chi connectivity index (χ2n) is 5.36. The van der Waals surface area contributed by atoms with Crippen LogP contribution in [0.3, 0.4) is 0 Å². The first-order valence-corrected chi connectivity index (χ1v) is 7.68. The fraction of sp³-hybridized carbons (Fsp3) is 0.625. The van der Waals surface area contributed by atoms with E-state index in [-0.39, 0.29) is 0 Å². The molecule has 19 heavy (non-hydrogen) atoms. The molecule has 1 fully saturated rings. The van der Waals surface area contributed by atoms with Crippen molar-refractivity contribution in [1.82, 2.24) is 5.32 Å². The minimum Gasteiger partial charge on any atom is -0.381 e. The molecule has 2 atom stereocenters. The van der Waals surface area contributed by atoms with E-state index in [1.54, 1.807) is 0 Å². The zero-order valence-electron chi connectivity index (χ0n) is 11.9. The lowest BCUT2D eigenvalue weighted by Gasteiger charge is -2.32. The largest absolute Gasteiger partial charge is 0.381 e. The van der Waals surface area contributed by atoms with Crippen LogP contribution in [0.1, 0.15) is 43.4 Å². The van der Waals surface area contributed by atoms with E-state index in [0.29, 0.717) is 12.0 Å². The molecule has 1 heterocycles. The Balaban J connectivity index is 2.22. The van der Waals surface area contributed by atoms with Gasteiger partial charge in [0, 0.05) is 23.6 Å². The van der Waals surface area contributed by atoms with Gasteiger partial charge in [0.25, 0.3) is 0 Å². The van der Waals surface area contributed by atoms with Crippen LogP contribution in [0.15, 0.2) is 18.2 Å². The highest BCUT2D eigenvalue weighted by Gasteiger charge is 2.26. The van der Waals surface area contributed by atoms with Crippen molar-refractivity contribution in [3.05, 3.63) is 34.3 Å². The van der Waals surface area contributed by atoms with E-state index in [2.05, 4.69) is 31.3 Å². The number of halogens is 1. The number of nitrogens with one attached hydrogen (secondary N) is 1. The summed E-state index contributed by atoms with van der Waals surface area (Å²) in [4.78, 5) is 0. The van der Waals surface area contributed by atoms with Crippen LogP contribution in [0.5, 0.6) is 0 Å². The molecule has 0 aromatic heterocycles. The molecule has 2 rings (SSSR count). The van der Waals surface area contributed by atoms with Crippen LogP contribution < -0.4 is 5.32 Å². The Bertz CT molecular complexity index is 402. The van der Waals surface area contributed by atoms with Crippen molar-refractivity contribution >= 4 is 11.6 Å². The van der Waals surface area contributed by atoms with Gasteiger partial charge in [-0.05, 0) is 49.9 Å². The van der Waals surface area contributed by atoms with E-state index in [0.717, 1.165) is 37.6 Å². The van der Waals surface area contributed by atoms with Gasteiger partial charge in [0.05, 0.1) is 6.61 Å². The first-order valence-electron chi connectivity index (χ1n) is 7.30. The predicted octanol–water partition coefficient (Wildman–Crippen LogP) is 4.12. The van der Waals surface area contributed by atoms with Crippen LogP contribution in [0.25, 0.3) is 0 Å². The minimum absolute atomic E-state index is 0.360. The Hall–Kier alpha value is -0.570. The normalized spacial score (nSPS) is 21.3. The summed E-state index contributed by atoms with van der Waals surface area (Å²) in [6.45, 7) is 7.11. The maximum Gasteiger partial charge on any atom is 0.0512 e. The molecule has 0 radical (unpaired) electrons. The molecular formula is C16H24ClNO. The van der Waals surface area contributed by atoms with E-state index in [1.807, 2.05) is 6.07 Å². The van der Waals surface area contributed by atoms with Crippen LogP contribution >= 0.6 is 11.6 Å². The Morgan fingerprint density at radius 1 is 1.47 bits per heavy atom. The molecule has 106 valence electrons. The molecule has 1 saturated heterocycles. The summed E-state index contributed by atoms with van der Waals surface area (Å²) in [5.41, 5.74) is 2.53. The third-order valence-electron chi connectivity index (χ3n) is 3.93. The lowest BCUT2D eigenvalue weighted by atomic mass is 9.86. The Morgan fingerprint density at radius 3 is 3.00 bits per heavy atom. The summed E-state index contributed by atoms with van der Waals surface area (Å²) in [7, 11) is 0. The molecule has 2 nitrogen and oxygen atoms in total. The highest BCUT2D eigenvalue weighted by molar-refractivity contribution is 6.31. The molecule has 0 aliphatic carbocycles. The number of rotatable bonds is 5. The molecular weight excluding hydrogens is 258 g/mol. The van der Waals surface area contributed by atoms with Crippen LogP contribution in [-0.4, -0.2) is 19.8 Å². The van der Waals surface area contributed by atoms with Gasteiger partial charge in [-0.25, -0.2) is 0 Å². The van der Waals surface area contributed by atoms with Gasteiger partial charge in [0.15, 0.2) is 0 Å². The van der Waals surface area contributed by atoms with Crippen molar-refractivity contribution in [3.8, 4) is 0 Å². The van der Waals surface area contributed by atoms with Crippen LogP contribution in [0.4, 0.5) is 0 Å². The monoisotopic (exact) mass is 281 g/mol. The second-order valence-corrected chi connectivity index (χ2v) is 5.77. The van der Waals surface area contributed by atoms with E-state index < -0.39 is 0 Å². The number of ether oxygens (including phenoxy) is 1. The van der Waals surface area contributed by atoms with E-state index >= 15 is 0 Å². The van der Waals surface area contributed by atoms with E-state index in [1.165, 1.54) is 17.5 Å². The number of benzene rings is 1. The maximum absolute atomic E-state index is 6.27. The summed E-state index contributed by atoms with van der Waals surface area (Å²) in [6, 6.07) is 6.58. The van der Waals surface area contributed by atoms with Crippen LogP contribution in [0.2, 0.25) is 5.02 Å². The summed E-state index contributed by atoms with van der Waals surface area (Å²) >= 11 is 6.27. The number of hydrogen-bond acceptors (Lipinski definition) is 2. The minimum atomic E-state index is 0.360. The lowest BCUT2D eigenvalue weighted by Crippen LogP contribution is -2.34. The average molecular weight is 282 g/mol. The van der Waals surface area contributed by atoms with Crippen molar-refractivity contribution in [1.29, 1.82) is 0 Å². The van der Waals surface area contributed by atoms with Crippen molar-refractivity contribution in [2.45, 2.75) is 39.2 Å². The quantitative estimate of drug-likeness (QED) is 0.877. The van der Waals surface area contributed by atoms with E-state index in [4.69, 9.17) is 16.3 Å². The van der Waals surface area contributed by atoms with Crippen molar-refractivity contribution in [2.75, 3.05) is 19.8 Å². The zero-order valence-corrected chi connectivity index (χ0v) is 12.7. The molecule has 2 unspecified atom stereocenters. The fourth-order valence-electron chi connectivity index (χ4n) is 2.82. The van der Waals surface area contributed by atoms with Crippen molar-refractivity contribution in [2.24, 2.45) is 5.92 Å². The summed E-state index contributed by atoms with van der Waals surface area (Å²) in [5, 5.41) is 4.54. The molecule has 1 aromatic rings. The molecule has 0 saturated carbocycles. The molecule has 1 aliphatic rings. The Labute approximate surface area is 121 Å². The average Bonchev–Trinajstić information content (AvgIpc) is 2.45. The first-order chi connectivity index (χ1) is 9.24. The van der Waals surface area contributed by atoms with Gasteiger partial charge in [-0.15, -0.1) is 0 Å². The maximum atomic E-state index is 6.27. The fourth-order valence-corrected chi connectivity index (χ4v) is 3.00. The summed E-state index contributed by atoms with van der Waals surface area (Å²) < 4.78 is 5.66. The van der Waals surface area contributed by atoms with Gasteiger partial charge >= 0.3 is 0 Å². The van der Waals surface area contributed by atoms with Gasteiger partial charge in [0.2, 0.25) is 0 Å². The van der Waals surface area contributed by atoms with E-state index in [9.17, 15) is 0 Å². The second kappa shape index (κ2) is 7.28. The molecule has 0 spiro atoms. The highest BCUT2D eigenvalue weighted by atomic mass is 35.5. The molecule has 3 heteroatoms. The Kier molecular flexibility index (Phi) is 5.68. The van der Waals surface area contributed by atoms with Crippen LogP contribution in [0, 0.1) is 12.8 Å². The highest BCUT2D eigenvalue weighted by Crippen LogP contribution is 2.32. The van der Waals surface area contributed by atoms with Gasteiger partial charge < -0.3 is 10.1 Å². The molecule has 0 bridgehead atoms. The SMILES string of the molecule is CCCNC(c1cccc(Cl)c1C)C1CCCOC1. The third kappa shape index (κ3) is 3.71. The van der Waals surface area contributed by atoms with Crippen molar-refractivity contribution < 1.29 is 4.74 Å². The van der Waals surface area contributed by atoms with Crippen LogP contribution in [-0.2, 0) is 4.74 Å². The molecule has 1 aliphatic heterocycles. The lowest BCUT2D eigenvalue weighted by molar-refractivity contribution is 0.0389. The summed E-state index contributed by atoms with van der Waals surface area (Å²) in [5.74, 6) is 0.553. The van der Waals surface area contributed by atoms with Gasteiger partial charge in [-0.2, -0.15) is 0 Å². The van der Waals surface area contributed by atoms with Gasteiger partial charge in [-0.1, -0.05) is 30.7 Å². The molecule has 0 amide bonds. The van der Waals surface area contributed by atoms with Gasteiger partial charge in [-0.3, -0.25) is 0 Å². The topological polar surface area (TPSA) is 21.3 Å². The Morgan fingerprint density at radius 2 is 2.32 bits per heavy atom. The molecule has 1 N–H and O–H groups in total. The standard InChI is InChI=1S/C16H24ClNO/c1-3-9-18-16(13-6-5-10-19-11-13)14-7-4-8-15(17)12(14)2/h4,7-8,13,16,18H,3,5-6,9-11H2,1-2H3. The third-order valence-corrected chi connectivity index (χ3v) is 4.34. The van der Waals surface area contributed by atoms with Crippen molar-refractivity contribution in [3.63, 3.8) is 0 Å². The predicted molar refractivity (Wildman–Crippen MR) is 80.8 cm³/mol.